The highest BCUT2D eigenvalue weighted by Crippen LogP contribution is 2.42. The van der Waals surface area contributed by atoms with Crippen molar-refractivity contribution in [3.63, 3.8) is 0 Å². The molecule has 0 aromatic carbocycles. The largest absolute Gasteiger partial charge is 0.396 e. The van der Waals surface area contributed by atoms with Gasteiger partial charge in [-0.3, -0.25) is 4.79 Å². The van der Waals surface area contributed by atoms with Gasteiger partial charge in [0.25, 0.3) is 5.91 Å². The Kier molecular flexibility index (Phi) is 4.07. The van der Waals surface area contributed by atoms with Gasteiger partial charge in [0.2, 0.25) is 0 Å². The summed E-state index contributed by atoms with van der Waals surface area (Å²) in [7, 11) is 3.50. The van der Waals surface area contributed by atoms with E-state index in [1.54, 1.807) is 30.8 Å². The molecule has 0 spiro atoms. The molecule has 0 unspecified atom stereocenters. The van der Waals surface area contributed by atoms with Crippen molar-refractivity contribution in [3.05, 3.63) is 4.88 Å². The predicted octanol–water partition coefficient (Wildman–Crippen LogP) is 2.58. The number of nitrogens with zero attached hydrogens (tertiary/aromatic N) is 1. The molecule has 0 atom stereocenters. The second kappa shape index (κ2) is 5.40. The van der Waals surface area contributed by atoms with E-state index in [1.807, 2.05) is 6.26 Å². The van der Waals surface area contributed by atoms with Crippen LogP contribution in [0.4, 0.5) is 10.7 Å². The number of nitrogens with two attached hydrogens (primary N) is 1. The van der Waals surface area contributed by atoms with Crippen molar-refractivity contribution in [1.82, 2.24) is 4.90 Å². The average Bonchev–Trinajstić information content (AvgIpc) is 3.10. The fourth-order valence-electron chi connectivity index (χ4n) is 1.67. The molecule has 1 amide bonds. The van der Waals surface area contributed by atoms with E-state index in [0.717, 1.165) is 22.4 Å². The van der Waals surface area contributed by atoms with Gasteiger partial charge in [-0.25, -0.2) is 0 Å². The minimum absolute atomic E-state index is 0.0210. The van der Waals surface area contributed by atoms with E-state index < -0.39 is 0 Å². The standard InChI is InChI=1S/C12H19N3OS2/c1-15(2)12(16)10-8(13)9(17-3)11(18-10)14-6-7-4-5-7/h7,14H,4-6,13H2,1-3H3. The fraction of sp³-hybridized carbons (Fsp3) is 0.583. The van der Waals surface area contributed by atoms with Crippen LogP contribution in [0.5, 0.6) is 0 Å². The number of nitrogens with one attached hydrogen (secondary N) is 1. The van der Waals surface area contributed by atoms with Gasteiger partial charge in [0.1, 0.15) is 9.88 Å². The molecule has 100 valence electrons. The van der Waals surface area contributed by atoms with Crippen LogP contribution in [-0.4, -0.2) is 37.7 Å². The number of amides is 1. The van der Waals surface area contributed by atoms with Crippen molar-refractivity contribution < 1.29 is 4.79 Å². The summed E-state index contributed by atoms with van der Waals surface area (Å²) in [5, 5.41) is 4.47. The first-order valence-corrected chi connectivity index (χ1v) is 8.00. The van der Waals surface area contributed by atoms with Crippen molar-refractivity contribution in [2.24, 2.45) is 5.92 Å². The van der Waals surface area contributed by atoms with Crippen LogP contribution < -0.4 is 11.1 Å². The number of nitrogen functional groups attached to an aromatic ring is 1. The first-order valence-electron chi connectivity index (χ1n) is 5.96. The van der Waals surface area contributed by atoms with Gasteiger partial charge in [-0.05, 0) is 25.0 Å². The molecular weight excluding hydrogens is 266 g/mol. The van der Waals surface area contributed by atoms with Gasteiger partial charge >= 0.3 is 0 Å². The van der Waals surface area contributed by atoms with Crippen LogP contribution in [-0.2, 0) is 0 Å². The van der Waals surface area contributed by atoms with Crippen LogP contribution >= 0.6 is 23.1 Å². The first kappa shape index (κ1) is 13.5. The maximum Gasteiger partial charge on any atom is 0.265 e. The Morgan fingerprint density at radius 2 is 2.22 bits per heavy atom. The number of rotatable bonds is 5. The average molecular weight is 285 g/mol. The van der Waals surface area contributed by atoms with Gasteiger partial charge in [-0.1, -0.05) is 0 Å². The Morgan fingerprint density at radius 3 is 2.72 bits per heavy atom. The molecule has 1 heterocycles. The van der Waals surface area contributed by atoms with Crippen LogP contribution in [0.3, 0.4) is 0 Å². The Hall–Kier alpha value is -0.880. The molecule has 2 rings (SSSR count). The molecule has 6 heteroatoms. The van der Waals surface area contributed by atoms with Gasteiger partial charge in [0, 0.05) is 20.6 Å². The second-order valence-electron chi connectivity index (χ2n) is 4.73. The van der Waals surface area contributed by atoms with Crippen molar-refractivity contribution in [1.29, 1.82) is 0 Å². The summed E-state index contributed by atoms with van der Waals surface area (Å²) in [6.45, 7) is 0.989. The molecular formula is C12H19N3OS2. The normalized spacial score (nSPS) is 14.6. The van der Waals surface area contributed by atoms with E-state index in [9.17, 15) is 4.79 Å². The van der Waals surface area contributed by atoms with Crippen molar-refractivity contribution in [3.8, 4) is 0 Å². The van der Waals surface area contributed by atoms with Crippen molar-refractivity contribution in [2.75, 3.05) is 37.9 Å². The van der Waals surface area contributed by atoms with Gasteiger partial charge < -0.3 is 16.0 Å². The molecule has 1 aromatic rings. The third-order valence-electron chi connectivity index (χ3n) is 2.95. The smallest absolute Gasteiger partial charge is 0.265 e. The maximum absolute atomic E-state index is 12.0. The number of hydrogen-bond donors (Lipinski definition) is 2. The minimum atomic E-state index is -0.0210. The predicted molar refractivity (Wildman–Crippen MR) is 79.7 cm³/mol. The minimum Gasteiger partial charge on any atom is -0.396 e. The molecule has 1 aromatic heterocycles. The first-order chi connectivity index (χ1) is 8.54. The van der Waals surface area contributed by atoms with E-state index >= 15 is 0 Å². The Labute approximate surface area is 116 Å². The van der Waals surface area contributed by atoms with Crippen LogP contribution in [0, 0.1) is 5.92 Å². The van der Waals surface area contributed by atoms with E-state index in [0.29, 0.717) is 10.6 Å². The zero-order valence-electron chi connectivity index (χ0n) is 10.9. The highest BCUT2D eigenvalue weighted by molar-refractivity contribution is 7.99. The summed E-state index contributed by atoms with van der Waals surface area (Å²) in [5.41, 5.74) is 6.69. The zero-order chi connectivity index (χ0) is 13.3. The topological polar surface area (TPSA) is 58.4 Å². The number of carbonyl (C=O) groups excluding carboxylic acids is 1. The molecule has 0 saturated heterocycles. The maximum atomic E-state index is 12.0. The van der Waals surface area contributed by atoms with Crippen LogP contribution in [0.2, 0.25) is 0 Å². The summed E-state index contributed by atoms with van der Waals surface area (Å²) >= 11 is 3.06. The van der Waals surface area contributed by atoms with E-state index in [4.69, 9.17) is 5.73 Å². The number of anilines is 2. The lowest BCUT2D eigenvalue weighted by Crippen LogP contribution is -2.21. The number of thiophene rings is 1. The summed E-state index contributed by atoms with van der Waals surface area (Å²) in [6.07, 6.45) is 4.61. The molecule has 1 saturated carbocycles. The van der Waals surface area contributed by atoms with E-state index in [2.05, 4.69) is 5.32 Å². The van der Waals surface area contributed by atoms with Crippen LogP contribution in [0.1, 0.15) is 22.5 Å². The molecule has 1 aliphatic carbocycles. The number of thioether (sulfide) groups is 1. The fourth-order valence-corrected chi connectivity index (χ4v) is 3.73. The van der Waals surface area contributed by atoms with Crippen molar-refractivity contribution >= 4 is 39.7 Å². The molecule has 0 radical (unpaired) electrons. The van der Waals surface area contributed by atoms with Crippen LogP contribution in [0.25, 0.3) is 0 Å². The molecule has 4 nitrogen and oxygen atoms in total. The summed E-state index contributed by atoms with van der Waals surface area (Å²) in [5.74, 6) is 0.781. The lowest BCUT2D eigenvalue weighted by Gasteiger charge is -2.08. The second-order valence-corrected chi connectivity index (χ2v) is 6.57. The monoisotopic (exact) mass is 285 g/mol. The molecule has 3 N–H and O–H groups in total. The molecule has 18 heavy (non-hydrogen) atoms. The van der Waals surface area contributed by atoms with E-state index in [-0.39, 0.29) is 5.91 Å². The zero-order valence-corrected chi connectivity index (χ0v) is 12.6. The van der Waals surface area contributed by atoms with Gasteiger partial charge in [-0.2, -0.15) is 0 Å². The lowest BCUT2D eigenvalue weighted by atomic mass is 10.3. The summed E-state index contributed by atoms with van der Waals surface area (Å²) in [4.78, 5) is 15.2. The summed E-state index contributed by atoms with van der Waals surface area (Å²) in [6, 6.07) is 0. The Morgan fingerprint density at radius 1 is 1.56 bits per heavy atom. The van der Waals surface area contributed by atoms with Crippen LogP contribution in [0.15, 0.2) is 4.90 Å². The molecule has 0 aliphatic heterocycles. The highest BCUT2D eigenvalue weighted by Gasteiger charge is 2.24. The number of hydrogen-bond acceptors (Lipinski definition) is 5. The molecule has 1 aliphatic rings. The third-order valence-corrected chi connectivity index (χ3v) is 5.07. The van der Waals surface area contributed by atoms with Gasteiger partial charge in [-0.15, -0.1) is 23.1 Å². The quantitative estimate of drug-likeness (QED) is 0.816. The van der Waals surface area contributed by atoms with E-state index in [1.165, 1.54) is 24.2 Å². The van der Waals surface area contributed by atoms with Gasteiger partial charge in [0.15, 0.2) is 0 Å². The molecule has 1 fully saturated rings. The van der Waals surface area contributed by atoms with Crippen molar-refractivity contribution in [2.45, 2.75) is 17.7 Å². The number of carbonyl (C=O) groups is 1. The highest BCUT2D eigenvalue weighted by atomic mass is 32.2. The Bertz CT molecular complexity index is 452. The third kappa shape index (κ3) is 2.75. The SMILES string of the molecule is CSc1c(NCC2CC2)sc(C(=O)N(C)C)c1N. The van der Waals surface area contributed by atoms with Gasteiger partial charge in [0.05, 0.1) is 10.6 Å². The molecule has 0 bridgehead atoms. The summed E-state index contributed by atoms with van der Waals surface area (Å²) < 4.78 is 0. The Balaban J connectivity index is 2.22. The lowest BCUT2D eigenvalue weighted by molar-refractivity contribution is 0.0833.